The Bertz CT molecular complexity index is 381. The van der Waals surface area contributed by atoms with E-state index in [1.807, 2.05) is 6.07 Å². The highest BCUT2D eigenvalue weighted by atomic mass is 35.5. The Morgan fingerprint density at radius 1 is 1.27 bits per heavy atom. The monoisotopic (exact) mass is 242 g/mol. The minimum atomic E-state index is -0.381. The molecule has 1 aliphatic rings. The average Bonchev–Trinajstić information content (AvgIpc) is 2.69. The van der Waals surface area contributed by atoms with Crippen LogP contribution in [0, 0.1) is 0 Å². The molecule has 0 aliphatic heterocycles. The van der Waals surface area contributed by atoms with Crippen molar-refractivity contribution in [3.63, 3.8) is 0 Å². The van der Waals surface area contributed by atoms with Crippen molar-refractivity contribution in [2.75, 3.05) is 0 Å². The Balaban J connectivity index is 2.41. The van der Waals surface area contributed by atoms with Crippen LogP contribution in [0.5, 0.6) is 0 Å². The minimum absolute atomic E-state index is 0.381. The summed E-state index contributed by atoms with van der Waals surface area (Å²) in [7, 11) is 0. The third-order valence-corrected chi connectivity index (χ3v) is 3.46. The molecule has 3 heteroatoms. The molecule has 0 atom stereocenters. The number of hydrogen-bond acceptors (Lipinski definition) is 1. The Hall–Kier alpha value is -0.530. The van der Waals surface area contributed by atoms with Crippen LogP contribution in [0.4, 0.5) is 0 Å². The van der Waals surface area contributed by atoms with Crippen LogP contribution < -0.4 is 0 Å². The van der Waals surface area contributed by atoms with Gasteiger partial charge < -0.3 is 0 Å². The van der Waals surface area contributed by atoms with Gasteiger partial charge in [0.25, 0.3) is 5.24 Å². The summed E-state index contributed by atoms with van der Waals surface area (Å²) in [6.07, 6.45) is 4.73. The molecule has 0 amide bonds. The molecule has 1 aromatic rings. The minimum Gasteiger partial charge on any atom is -0.276 e. The van der Waals surface area contributed by atoms with Crippen molar-refractivity contribution in [3.8, 4) is 0 Å². The molecule has 0 bridgehead atoms. The van der Waals surface area contributed by atoms with Crippen molar-refractivity contribution >= 4 is 28.4 Å². The lowest BCUT2D eigenvalue weighted by atomic mass is 9.93. The van der Waals surface area contributed by atoms with Gasteiger partial charge >= 0.3 is 0 Å². The molecule has 1 fully saturated rings. The quantitative estimate of drug-likeness (QED) is 0.704. The molecular weight excluding hydrogens is 231 g/mol. The van der Waals surface area contributed by atoms with Crippen LogP contribution >= 0.6 is 23.2 Å². The standard InChI is InChI=1S/C12H12Cl2O/c13-9-5-6-10(12(14)15)11(7-9)8-3-1-2-4-8/h5-8H,1-4H2. The predicted octanol–water partition coefficient (Wildman–Crippen LogP) is 4.38. The van der Waals surface area contributed by atoms with Crippen molar-refractivity contribution in [3.05, 3.63) is 34.3 Å². The van der Waals surface area contributed by atoms with E-state index in [9.17, 15) is 4.79 Å². The zero-order valence-electron chi connectivity index (χ0n) is 8.30. The number of halogens is 2. The van der Waals surface area contributed by atoms with Gasteiger partial charge in [0.2, 0.25) is 0 Å². The second kappa shape index (κ2) is 4.54. The maximum Gasteiger partial charge on any atom is 0.252 e. The summed E-state index contributed by atoms with van der Waals surface area (Å²) < 4.78 is 0. The van der Waals surface area contributed by atoms with Crippen molar-refractivity contribution in [1.29, 1.82) is 0 Å². The van der Waals surface area contributed by atoms with E-state index in [0.717, 1.165) is 18.4 Å². The summed E-state index contributed by atoms with van der Waals surface area (Å²) in [5.74, 6) is 0.460. The number of benzene rings is 1. The second-order valence-corrected chi connectivity index (χ2v) is 4.77. The van der Waals surface area contributed by atoms with Gasteiger partial charge in [0, 0.05) is 10.6 Å². The molecule has 2 rings (SSSR count). The molecule has 0 saturated heterocycles. The highest BCUT2D eigenvalue weighted by molar-refractivity contribution is 6.68. The van der Waals surface area contributed by atoms with E-state index in [0.29, 0.717) is 16.5 Å². The van der Waals surface area contributed by atoms with E-state index in [1.165, 1.54) is 12.8 Å². The Kier molecular flexibility index (Phi) is 3.32. The number of hydrogen-bond donors (Lipinski definition) is 0. The average molecular weight is 243 g/mol. The molecule has 80 valence electrons. The van der Waals surface area contributed by atoms with Gasteiger partial charge in [0.15, 0.2) is 0 Å². The largest absolute Gasteiger partial charge is 0.276 e. The topological polar surface area (TPSA) is 17.1 Å². The van der Waals surface area contributed by atoms with Crippen molar-refractivity contribution in [1.82, 2.24) is 0 Å². The lowest BCUT2D eigenvalue weighted by molar-refractivity contribution is 0.108. The number of rotatable bonds is 2. The first-order valence-electron chi connectivity index (χ1n) is 5.18. The lowest BCUT2D eigenvalue weighted by Gasteiger charge is -2.13. The second-order valence-electron chi connectivity index (χ2n) is 3.99. The maximum absolute atomic E-state index is 11.3. The van der Waals surface area contributed by atoms with E-state index in [2.05, 4.69) is 0 Å². The van der Waals surface area contributed by atoms with Gasteiger partial charge in [0.1, 0.15) is 0 Å². The molecule has 1 aromatic carbocycles. The van der Waals surface area contributed by atoms with E-state index >= 15 is 0 Å². The van der Waals surface area contributed by atoms with Crippen LogP contribution in [-0.4, -0.2) is 5.24 Å². The highest BCUT2D eigenvalue weighted by Crippen LogP contribution is 2.37. The molecule has 15 heavy (non-hydrogen) atoms. The first-order chi connectivity index (χ1) is 7.18. The summed E-state index contributed by atoms with van der Waals surface area (Å²) in [5, 5.41) is 0.298. The Morgan fingerprint density at radius 3 is 2.53 bits per heavy atom. The molecular formula is C12H12Cl2O. The zero-order chi connectivity index (χ0) is 10.8. The molecule has 0 N–H and O–H groups in total. The normalized spacial score (nSPS) is 16.9. The molecule has 1 nitrogen and oxygen atoms in total. The van der Waals surface area contributed by atoms with Gasteiger partial charge in [-0.05, 0) is 54.1 Å². The van der Waals surface area contributed by atoms with Crippen LogP contribution in [0.3, 0.4) is 0 Å². The highest BCUT2D eigenvalue weighted by Gasteiger charge is 2.22. The van der Waals surface area contributed by atoms with Gasteiger partial charge in [-0.3, -0.25) is 4.79 Å². The van der Waals surface area contributed by atoms with E-state index in [1.54, 1.807) is 12.1 Å². The molecule has 0 aromatic heterocycles. The van der Waals surface area contributed by atoms with Gasteiger partial charge in [-0.25, -0.2) is 0 Å². The van der Waals surface area contributed by atoms with Crippen molar-refractivity contribution in [2.24, 2.45) is 0 Å². The third-order valence-electron chi connectivity index (χ3n) is 3.02. The predicted molar refractivity (Wildman–Crippen MR) is 62.8 cm³/mol. The van der Waals surface area contributed by atoms with Crippen LogP contribution in [0.15, 0.2) is 18.2 Å². The summed E-state index contributed by atoms with van der Waals surface area (Å²) >= 11 is 11.5. The summed E-state index contributed by atoms with van der Waals surface area (Å²) in [5.41, 5.74) is 1.65. The van der Waals surface area contributed by atoms with Crippen LogP contribution in [0.2, 0.25) is 5.02 Å². The fourth-order valence-electron chi connectivity index (χ4n) is 2.29. The van der Waals surface area contributed by atoms with Gasteiger partial charge in [0.05, 0.1) is 0 Å². The van der Waals surface area contributed by atoms with Gasteiger partial charge in [-0.1, -0.05) is 24.4 Å². The fraction of sp³-hybridized carbons (Fsp3) is 0.417. The summed E-state index contributed by atoms with van der Waals surface area (Å²) in [4.78, 5) is 11.3. The lowest BCUT2D eigenvalue weighted by Crippen LogP contribution is -2.01. The van der Waals surface area contributed by atoms with E-state index in [-0.39, 0.29) is 5.24 Å². The zero-order valence-corrected chi connectivity index (χ0v) is 9.81. The van der Waals surface area contributed by atoms with Gasteiger partial charge in [-0.2, -0.15) is 0 Å². The van der Waals surface area contributed by atoms with Crippen LogP contribution in [0.1, 0.15) is 47.5 Å². The molecule has 0 unspecified atom stereocenters. The smallest absolute Gasteiger partial charge is 0.252 e. The van der Waals surface area contributed by atoms with Gasteiger partial charge in [-0.15, -0.1) is 0 Å². The Labute approximate surface area is 99.4 Å². The fourth-order valence-corrected chi connectivity index (χ4v) is 2.64. The molecule has 1 saturated carbocycles. The summed E-state index contributed by atoms with van der Waals surface area (Å²) in [6.45, 7) is 0. The Morgan fingerprint density at radius 2 is 1.93 bits per heavy atom. The third kappa shape index (κ3) is 2.35. The first-order valence-corrected chi connectivity index (χ1v) is 5.93. The first kappa shape index (κ1) is 11.0. The summed E-state index contributed by atoms with van der Waals surface area (Å²) in [6, 6.07) is 5.33. The van der Waals surface area contributed by atoms with E-state index in [4.69, 9.17) is 23.2 Å². The molecule has 0 spiro atoms. The SMILES string of the molecule is O=C(Cl)c1ccc(Cl)cc1C1CCCC1. The molecule has 0 heterocycles. The maximum atomic E-state index is 11.3. The van der Waals surface area contributed by atoms with Crippen molar-refractivity contribution < 1.29 is 4.79 Å². The van der Waals surface area contributed by atoms with E-state index < -0.39 is 0 Å². The van der Waals surface area contributed by atoms with Crippen LogP contribution in [0.25, 0.3) is 0 Å². The number of carbonyl (C=O) groups excluding carboxylic acids is 1. The number of carbonyl (C=O) groups is 1. The molecule has 0 radical (unpaired) electrons. The molecule has 1 aliphatic carbocycles. The van der Waals surface area contributed by atoms with Crippen LogP contribution in [-0.2, 0) is 0 Å². The van der Waals surface area contributed by atoms with Crippen molar-refractivity contribution in [2.45, 2.75) is 31.6 Å².